The average molecular weight is 144 g/mol. The smallest absolute Gasteiger partial charge is 0.0190 e. The van der Waals surface area contributed by atoms with Gasteiger partial charge in [-0.05, 0) is 28.6 Å². The zero-order valence-electron chi connectivity index (χ0n) is 4.76. The number of thiophene rings is 1. The van der Waals surface area contributed by atoms with Crippen LogP contribution < -0.4 is 0 Å². The van der Waals surface area contributed by atoms with Gasteiger partial charge in [0.1, 0.15) is 0 Å². The molecule has 0 bridgehead atoms. The Balaban J connectivity index is 2.50. The lowest BCUT2D eigenvalue weighted by Crippen LogP contribution is -1.68. The Morgan fingerprint density at radius 2 is 2.62 bits per heavy atom. The lowest BCUT2D eigenvalue weighted by atomic mass is 10.4. The first kappa shape index (κ1) is 6.17. The predicted octanol–water partition coefficient (Wildman–Crippen LogP) is 2.61. The monoisotopic (exact) mass is 144 g/mol. The van der Waals surface area contributed by atoms with E-state index in [4.69, 9.17) is 0 Å². The van der Waals surface area contributed by atoms with Crippen LogP contribution in [0.15, 0.2) is 16.8 Å². The van der Waals surface area contributed by atoms with Gasteiger partial charge in [0.15, 0.2) is 0 Å². The molecule has 0 N–H and O–H groups in total. The van der Waals surface area contributed by atoms with Gasteiger partial charge in [-0.3, -0.25) is 0 Å². The lowest BCUT2D eigenvalue weighted by Gasteiger charge is -1.86. The third kappa shape index (κ3) is 1.53. The highest BCUT2D eigenvalue weighted by molar-refractivity contribution is 7.97. The SMILES string of the molecule is CSCc1ccsc1. The van der Waals surface area contributed by atoms with Gasteiger partial charge in [-0.15, -0.1) is 0 Å². The van der Waals surface area contributed by atoms with Crippen LogP contribution in [0, 0.1) is 0 Å². The maximum atomic E-state index is 2.19. The van der Waals surface area contributed by atoms with Crippen molar-refractivity contribution < 1.29 is 0 Å². The second-order valence-electron chi connectivity index (χ2n) is 1.56. The quantitative estimate of drug-likeness (QED) is 0.615. The number of rotatable bonds is 2. The van der Waals surface area contributed by atoms with E-state index in [-0.39, 0.29) is 0 Å². The van der Waals surface area contributed by atoms with Crippen molar-refractivity contribution in [2.24, 2.45) is 0 Å². The molecule has 1 heterocycles. The summed E-state index contributed by atoms with van der Waals surface area (Å²) >= 11 is 3.63. The van der Waals surface area contributed by atoms with Crippen LogP contribution in [-0.4, -0.2) is 6.26 Å². The van der Waals surface area contributed by atoms with Crippen LogP contribution in [0.5, 0.6) is 0 Å². The zero-order chi connectivity index (χ0) is 5.82. The Hall–Kier alpha value is 0.0500. The van der Waals surface area contributed by atoms with Crippen LogP contribution in [-0.2, 0) is 5.75 Å². The van der Waals surface area contributed by atoms with Crippen molar-refractivity contribution >= 4 is 23.1 Å². The van der Waals surface area contributed by atoms with E-state index < -0.39 is 0 Å². The van der Waals surface area contributed by atoms with Crippen molar-refractivity contribution in [3.8, 4) is 0 Å². The van der Waals surface area contributed by atoms with Gasteiger partial charge in [0.2, 0.25) is 0 Å². The molecule has 0 saturated heterocycles. The molecule has 0 aliphatic rings. The Kier molecular flexibility index (Phi) is 2.43. The van der Waals surface area contributed by atoms with Crippen molar-refractivity contribution in [1.29, 1.82) is 0 Å². The van der Waals surface area contributed by atoms with Gasteiger partial charge in [-0.1, -0.05) is 0 Å². The number of hydrogen-bond acceptors (Lipinski definition) is 2. The first-order valence-corrected chi connectivity index (χ1v) is 4.77. The second kappa shape index (κ2) is 3.15. The van der Waals surface area contributed by atoms with E-state index in [2.05, 4.69) is 23.1 Å². The summed E-state index contributed by atoms with van der Waals surface area (Å²) in [5.41, 5.74) is 1.45. The summed E-state index contributed by atoms with van der Waals surface area (Å²) in [6, 6.07) is 2.17. The zero-order valence-corrected chi connectivity index (χ0v) is 6.39. The van der Waals surface area contributed by atoms with Gasteiger partial charge in [-0.2, -0.15) is 23.1 Å². The fraction of sp³-hybridized carbons (Fsp3) is 0.333. The molecule has 0 atom stereocenters. The molecule has 0 saturated carbocycles. The van der Waals surface area contributed by atoms with Crippen LogP contribution in [0.25, 0.3) is 0 Å². The molecule has 0 amide bonds. The molecule has 0 aliphatic heterocycles. The Morgan fingerprint density at radius 1 is 1.75 bits per heavy atom. The van der Waals surface area contributed by atoms with Crippen molar-refractivity contribution in [1.82, 2.24) is 0 Å². The van der Waals surface area contributed by atoms with E-state index >= 15 is 0 Å². The molecule has 0 spiro atoms. The number of thioether (sulfide) groups is 1. The maximum Gasteiger partial charge on any atom is 0.0190 e. The van der Waals surface area contributed by atoms with Gasteiger partial charge in [0, 0.05) is 5.75 Å². The fourth-order valence-electron chi connectivity index (χ4n) is 0.541. The first-order chi connectivity index (χ1) is 3.93. The predicted molar refractivity (Wildman–Crippen MR) is 41.5 cm³/mol. The van der Waals surface area contributed by atoms with Crippen molar-refractivity contribution in [2.45, 2.75) is 5.75 Å². The van der Waals surface area contributed by atoms with Crippen molar-refractivity contribution in [2.75, 3.05) is 6.26 Å². The molecule has 0 aliphatic carbocycles. The molecular formula is C6H8S2. The molecule has 0 nitrogen and oxygen atoms in total. The van der Waals surface area contributed by atoms with Crippen LogP contribution in [0.3, 0.4) is 0 Å². The maximum absolute atomic E-state index is 2.19. The Morgan fingerprint density at radius 3 is 3.12 bits per heavy atom. The topological polar surface area (TPSA) is 0 Å². The minimum absolute atomic E-state index is 1.16. The number of hydrogen-bond donors (Lipinski definition) is 0. The summed E-state index contributed by atoms with van der Waals surface area (Å²) in [5, 5.41) is 4.31. The Labute approximate surface area is 57.9 Å². The van der Waals surface area contributed by atoms with E-state index in [1.807, 2.05) is 11.8 Å². The molecule has 0 unspecified atom stereocenters. The average Bonchev–Trinajstić information content (AvgIpc) is 2.19. The minimum atomic E-state index is 1.16. The second-order valence-corrected chi connectivity index (χ2v) is 3.21. The van der Waals surface area contributed by atoms with Gasteiger partial charge in [0.05, 0.1) is 0 Å². The summed E-state index contributed by atoms with van der Waals surface area (Å²) in [7, 11) is 0. The van der Waals surface area contributed by atoms with E-state index in [1.54, 1.807) is 11.3 Å². The van der Waals surface area contributed by atoms with Crippen molar-refractivity contribution in [3.63, 3.8) is 0 Å². The minimum Gasteiger partial charge on any atom is -0.161 e. The summed E-state index contributed by atoms with van der Waals surface area (Å²) in [4.78, 5) is 0. The highest BCUT2D eigenvalue weighted by atomic mass is 32.2. The van der Waals surface area contributed by atoms with E-state index in [1.165, 1.54) is 5.56 Å². The summed E-state index contributed by atoms with van der Waals surface area (Å²) in [6.07, 6.45) is 2.12. The highest BCUT2D eigenvalue weighted by Gasteiger charge is 1.86. The first-order valence-electron chi connectivity index (χ1n) is 2.43. The van der Waals surface area contributed by atoms with E-state index in [9.17, 15) is 0 Å². The molecule has 0 aromatic carbocycles. The normalized spacial score (nSPS) is 9.62. The third-order valence-electron chi connectivity index (χ3n) is 0.891. The molecule has 44 valence electrons. The van der Waals surface area contributed by atoms with Gasteiger partial charge >= 0.3 is 0 Å². The molecule has 8 heavy (non-hydrogen) atoms. The summed E-state index contributed by atoms with van der Waals surface area (Å²) < 4.78 is 0. The molecule has 1 aromatic heterocycles. The molecule has 0 fully saturated rings. The largest absolute Gasteiger partial charge is 0.161 e. The van der Waals surface area contributed by atoms with Crippen LogP contribution in [0.1, 0.15) is 5.56 Å². The summed E-state index contributed by atoms with van der Waals surface area (Å²) in [5.74, 6) is 1.16. The molecule has 1 aromatic rings. The van der Waals surface area contributed by atoms with Crippen LogP contribution in [0.4, 0.5) is 0 Å². The van der Waals surface area contributed by atoms with E-state index in [0.717, 1.165) is 5.75 Å². The molecule has 1 rings (SSSR count). The summed E-state index contributed by atoms with van der Waals surface area (Å²) in [6.45, 7) is 0. The van der Waals surface area contributed by atoms with Crippen LogP contribution in [0.2, 0.25) is 0 Å². The van der Waals surface area contributed by atoms with Crippen LogP contribution >= 0.6 is 23.1 Å². The standard InChI is InChI=1S/C6H8S2/c1-7-4-6-2-3-8-5-6/h2-3,5H,4H2,1H3. The van der Waals surface area contributed by atoms with Gasteiger partial charge in [-0.25, -0.2) is 0 Å². The van der Waals surface area contributed by atoms with Gasteiger partial charge in [0.25, 0.3) is 0 Å². The fourth-order valence-corrected chi connectivity index (χ4v) is 1.83. The van der Waals surface area contributed by atoms with E-state index in [0.29, 0.717) is 0 Å². The lowest BCUT2D eigenvalue weighted by molar-refractivity contribution is 1.48. The molecule has 2 heteroatoms. The third-order valence-corrected chi connectivity index (χ3v) is 2.25. The molecular weight excluding hydrogens is 136 g/mol. The van der Waals surface area contributed by atoms with Crippen molar-refractivity contribution in [3.05, 3.63) is 22.4 Å². The highest BCUT2D eigenvalue weighted by Crippen LogP contribution is 2.11. The molecule has 0 radical (unpaired) electrons. The van der Waals surface area contributed by atoms with Gasteiger partial charge < -0.3 is 0 Å². The Bertz CT molecular complexity index is 132.